The zero-order valence-corrected chi connectivity index (χ0v) is 18.8. The van der Waals surface area contributed by atoms with Gasteiger partial charge in [0, 0.05) is 5.56 Å². The minimum atomic E-state index is -1.26. The predicted molar refractivity (Wildman–Crippen MR) is 112 cm³/mol. The summed E-state index contributed by atoms with van der Waals surface area (Å²) in [5, 5.41) is 19.6. The number of carbonyl (C=O) groups is 1. The fourth-order valence-corrected chi connectivity index (χ4v) is 2.55. The van der Waals surface area contributed by atoms with Gasteiger partial charge in [-0.15, -0.1) is 24.0 Å². The third kappa shape index (κ3) is 9.09. The molecular formula is C19H32INO6. The van der Waals surface area contributed by atoms with Gasteiger partial charge in [0.1, 0.15) is 19.6 Å². The van der Waals surface area contributed by atoms with Gasteiger partial charge >= 0.3 is 0 Å². The number of carbonyl (C=O) groups excluding carboxylic acids is 1. The maximum absolute atomic E-state index is 10.9. The monoisotopic (exact) mass is 497 g/mol. The first-order chi connectivity index (χ1) is 12.5. The number of halogens is 1. The van der Waals surface area contributed by atoms with Gasteiger partial charge in [0.25, 0.3) is 0 Å². The second-order valence-electron chi connectivity index (χ2n) is 6.45. The van der Waals surface area contributed by atoms with Crippen molar-refractivity contribution < 1.29 is 33.7 Å². The van der Waals surface area contributed by atoms with Crippen LogP contribution in [0, 0.1) is 0 Å². The minimum absolute atomic E-state index is 0. The number of unbranched alkanes of at least 4 members (excludes halogenated alkanes) is 1. The minimum Gasteiger partial charge on any atom is -0.545 e. The Bertz CT molecular complexity index is 543. The first-order valence-electron chi connectivity index (χ1n) is 9.00. The van der Waals surface area contributed by atoms with Crippen molar-refractivity contribution in [2.45, 2.75) is 19.8 Å². The van der Waals surface area contributed by atoms with Crippen molar-refractivity contribution in [1.82, 2.24) is 0 Å². The first kappa shape index (κ1) is 25.9. The molecule has 0 atom stereocenters. The van der Waals surface area contributed by atoms with Crippen LogP contribution in [0.5, 0.6) is 11.5 Å². The molecule has 1 aliphatic heterocycles. The van der Waals surface area contributed by atoms with Crippen LogP contribution >= 0.6 is 24.0 Å². The van der Waals surface area contributed by atoms with Gasteiger partial charge in [-0.1, -0.05) is 19.4 Å². The van der Waals surface area contributed by atoms with Crippen LogP contribution in [-0.2, 0) is 4.74 Å². The summed E-state index contributed by atoms with van der Waals surface area (Å²) in [7, 11) is 3.64. The van der Waals surface area contributed by atoms with Crippen LogP contribution in [-0.4, -0.2) is 75.8 Å². The number of likely N-dealkylation sites (N-methyl/N-ethyl adjacent to an activating group) is 1. The van der Waals surface area contributed by atoms with Crippen molar-refractivity contribution >= 4 is 29.9 Å². The number of hydrogen-bond donors (Lipinski definition) is 1. The molecule has 8 heteroatoms. The molecule has 0 amide bonds. The SMILES string of the molecule is CCCCOc1c(OC)cccc1C(=O)[O-].C[N+]1(CCO)CCOCC1.I. The van der Waals surface area contributed by atoms with Crippen LogP contribution in [0.2, 0.25) is 0 Å². The number of para-hydroxylation sites is 1. The summed E-state index contributed by atoms with van der Waals surface area (Å²) in [4.78, 5) is 10.9. The molecule has 0 aromatic heterocycles. The zero-order chi connectivity index (χ0) is 19.4. The van der Waals surface area contributed by atoms with Crippen LogP contribution in [0.3, 0.4) is 0 Å². The maximum Gasteiger partial charge on any atom is 0.170 e. The van der Waals surface area contributed by atoms with Crippen LogP contribution in [0.4, 0.5) is 0 Å². The summed E-state index contributed by atoms with van der Waals surface area (Å²) in [5.41, 5.74) is 0.0236. The molecule has 7 nitrogen and oxygen atoms in total. The number of aliphatic hydroxyl groups excluding tert-OH is 1. The fourth-order valence-electron chi connectivity index (χ4n) is 2.55. The Morgan fingerprint density at radius 3 is 2.52 bits per heavy atom. The zero-order valence-electron chi connectivity index (χ0n) is 16.4. The number of quaternary nitrogens is 1. The van der Waals surface area contributed by atoms with E-state index in [1.807, 2.05) is 6.92 Å². The topological polar surface area (TPSA) is 88.1 Å². The van der Waals surface area contributed by atoms with E-state index in [4.69, 9.17) is 19.3 Å². The van der Waals surface area contributed by atoms with Crippen molar-refractivity contribution in [3.63, 3.8) is 0 Å². The van der Waals surface area contributed by atoms with Crippen LogP contribution in [0.15, 0.2) is 18.2 Å². The molecule has 0 radical (unpaired) electrons. The summed E-state index contributed by atoms with van der Waals surface area (Å²) in [5.74, 6) is -0.596. The molecule has 1 aromatic rings. The largest absolute Gasteiger partial charge is 0.545 e. The molecule has 0 unspecified atom stereocenters. The molecule has 1 aromatic carbocycles. The molecule has 0 aliphatic carbocycles. The third-order valence-electron chi connectivity index (χ3n) is 4.35. The summed E-state index contributed by atoms with van der Waals surface area (Å²) in [6.45, 7) is 7.43. The lowest BCUT2D eigenvalue weighted by atomic mass is 10.2. The molecule has 1 heterocycles. The van der Waals surface area contributed by atoms with E-state index in [0.29, 0.717) is 12.4 Å². The van der Waals surface area contributed by atoms with Crippen LogP contribution in [0.1, 0.15) is 30.1 Å². The van der Waals surface area contributed by atoms with E-state index in [1.165, 1.54) is 13.2 Å². The van der Waals surface area contributed by atoms with Crippen LogP contribution in [0.25, 0.3) is 0 Å². The Kier molecular flexibility index (Phi) is 13.4. The number of aliphatic hydroxyl groups is 1. The maximum atomic E-state index is 10.9. The Morgan fingerprint density at radius 2 is 2.00 bits per heavy atom. The number of benzene rings is 1. The van der Waals surface area contributed by atoms with Gasteiger partial charge in [-0.2, -0.15) is 0 Å². The molecule has 27 heavy (non-hydrogen) atoms. The van der Waals surface area contributed by atoms with E-state index in [1.54, 1.807) is 12.1 Å². The smallest absolute Gasteiger partial charge is 0.170 e. The lowest BCUT2D eigenvalue weighted by Gasteiger charge is -2.36. The molecule has 1 fully saturated rings. The predicted octanol–water partition coefficient (Wildman–Crippen LogP) is 1.31. The number of carboxylic acid groups (broad SMARTS) is 1. The molecule has 2 rings (SSSR count). The highest BCUT2D eigenvalue weighted by molar-refractivity contribution is 14.0. The van der Waals surface area contributed by atoms with Gasteiger partial charge < -0.3 is 33.7 Å². The lowest BCUT2D eigenvalue weighted by Crippen LogP contribution is -2.53. The number of morpholine rings is 1. The van der Waals surface area contributed by atoms with Crippen molar-refractivity contribution in [2.24, 2.45) is 0 Å². The van der Waals surface area contributed by atoms with Crippen molar-refractivity contribution in [3.05, 3.63) is 23.8 Å². The number of aromatic carboxylic acids is 1. The van der Waals surface area contributed by atoms with E-state index < -0.39 is 5.97 Å². The van der Waals surface area contributed by atoms with Gasteiger partial charge in [-0.05, 0) is 18.6 Å². The molecular weight excluding hydrogens is 465 g/mol. The number of hydrogen-bond acceptors (Lipinski definition) is 6. The van der Waals surface area contributed by atoms with Crippen LogP contribution < -0.4 is 14.6 Å². The molecule has 0 saturated carbocycles. The standard InChI is InChI=1S/C12H16O4.C7H16NO2.HI/c1-3-4-8-16-11-9(12(13)14)6-5-7-10(11)15-2;1-8(2-5-9)3-6-10-7-4-8;/h5-7H,3-4,8H2,1-2H3,(H,13,14);9H,2-7H2,1H3;1H/q;+1;/p-1. The Labute approximate surface area is 178 Å². The number of carboxylic acids is 1. The normalized spacial score (nSPS) is 15.0. The van der Waals surface area contributed by atoms with E-state index in [2.05, 4.69) is 7.05 Å². The summed E-state index contributed by atoms with van der Waals surface area (Å²) >= 11 is 0. The first-order valence-corrected chi connectivity index (χ1v) is 9.00. The second kappa shape index (κ2) is 14.0. The van der Waals surface area contributed by atoms with E-state index in [9.17, 15) is 9.90 Å². The van der Waals surface area contributed by atoms with Gasteiger partial charge in [0.2, 0.25) is 0 Å². The quantitative estimate of drug-likeness (QED) is 0.331. The fraction of sp³-hybridized carbons (Fsp3) is 0.632. The molecule has 0 spiro atoms. The average Bonchev–Trinajstić information content (AvgIpc) is 2.63. The van der Waals surface area contributed by atoms with Crippen molar-refractivity contribution in [1.29, 1.82) is 0 Å². The Balaban J connectivity index is 0.000000531. The molecule has 0 bridgehead atoms. The van der Waals surface area contributed by atoms with Gasteiger partial charge in [-0.3, -0.25) is 0 Å². The molecule has 1 N–H and O–H groups in total. The highest BCUT2D eigenvalue weighted by Crippen LogP contribution is 2.30. The third-order valence-corrected chi connectivity index (χ3v) is 4.35. The van der Waals surface area contributed by atoms with Crippen molar-refractivity contribution in [3.8, 4) is 11.5 Å². The van der Waals surface area contributed by atoms with E-state index in [-0.39, 0.29) is 41.9 Å². The van der Waals surface area contributed by atoms with Gasteiger partial charge in [0.05, 0.1) is 46.6 Å². The highest BCUT2D eigenvalue weighted by Gasteiger charge is 2.23. The molecule has 1 saturated heterocycles. The number of nitrogens with zero attached hydrogens (tertiary/aromatic N) is 1. The summed E-state index contributed by atoms with van der Waals surface area (Å²) in [6.07, 6.45) is 1.85. The molecule has 156 valence electrons. The van der Waals surface area contributed by atoms with Crippen molar-refractivity contribution in [2.75, 3.05) is 60.2 Å². The summed E-state index contributed by atoms with van der Waals surface area (Å²) < 4.78 is 16.6. The lowest BCUT2D eigenvalue weighted by molar-refractivity contribution is -0.917. The number of methoxy groups -OCH3 is 1. The average molecular weight is 497 g/mol. The van der Waals surface area contributed by atoms with E-state index >= 15 is 0 Å². The van der Waals surface area contributed by atoms with Gasteiger partial charge in [0.15, 0.2) is 11.5 Å². The summed E-state index contributed by atoms with van der Waals surface area (Å²) in [6, 6.07) is 4.70. The number of rotatable bonds is 8. The molecule has 1 aliphatic rings. The highest BCUT2D eigenvalue weighted by atomic mass is 127. The van der Waals surface area contributed by atoms with E-state index in [0.717, 1.165) is 50.2 Å². The van der Waals surface area contributed by atoms with Gasteiger partial charge in [-0.25, -0.2) is 0 Å². The Hall–Kier alpha value is -1.10. The second-order valence-corrected chi connectivity index (χ2v) is 6.45. The Morgan fingerprint density at radius 1 is 1.33 bits per heavy atom. The number of ether oxygens (including phenoxy) is 3.